The lowest BCUT2D eigenvalue weighted by atomic mass is 10.0. The number of nitrogens with one attached hydrogen (secondary N) is 2. The van der Waals surface area contributed by atoms with Crippen LogP contribution in [0.2, 0.25) is 0 Å². The Labute approximate surface area is 98.4 Å². The van der Waals surface area contributed by atoms with Crippen LogP contribution in [-0.4, -0.2) is 25.0 Å². The maximum atomic E-state index is 11.4. The predicted molar refractivity (Wildman–Crippen MR) is 65.1 cm³/mol. The summed E-state index contributed by atoms with van der Waals surface area (Å²) in [6.07, 6.45) is 2.32. The van der Waals surface area contributed by atoms with Crippen LogP contribution in [-0.2, 0) is 4.79 Å². The van der Waals surface area contributed by atoms with Crippen molar-refractivity contribution in [2.24, 2.45) is 16.7 Å². The van der Waals surface area contributed by atoms with Crippen LogP contribution in [0.25, 0.3) is 0 Å². The molecule has 0 unspecified atom stereocenters. The highest BCUT2D eigenvalue weighted by Gasteiger charge is 2.63. The largest absolute Gasteiger partial charge is 0.352 e. The van der Waals surface area contributed by atoms with E-state index in [4.69, 9.17) is 0 Å². The maximum absolute atomic E-state index is 11.4. The monoisotopic (exact) mass is 224 g/mol. The fourth-order valence-electron chi connectivity index (χ4n) is 2.68. The molecule has 0 aromatic rings. The molecule has 2 rings (SSSR count). The van der Waals surface area contributed by atoms with E-state index < -0.39 is 0 Å². The highest BCUT2D eigenvalue weighted by atomic mass is 16.2. The topological polar surface area (TPSA) is 41.1 Å². The molecule has 0 atom stereocenters. The van der Waals surface area contributed by atoms with E-state index in [-0.39, 0.29) is 5.91 Å². The zero-order valence-electron chi connectivity index (χ0n) is 10.9. The lowest BCUT2D eigenvalue weighted by Crippen LogP contribution is -2.36. The SMILES string of the molecule is CC1(C)C(CNCC(=O)NC2CC2)C1(C)C. The Kier molecular flexibility index (Phi) is 2.77. The van der Waals surface area contributed by atoms with Gasteiger partial charge in [0.05, 0.1) is 6.54 Å². The van der Waals surface area contributed by atoms with Crippen molar-refractivity contribution >= 4 is 5.91 Å². The zero-order chi connectivity index (χ0) is 12.0. The van der Waals surface area contributed by atoms with Crippen LogP contribution >= 0.6 is 0 Å². The molecule has 0 heterocycles. The molecule has 2 aliphatic rings. The summed E-state index contributed by atoms with van der Waals surface area (Å²) < 4.78 is 0. The van der Waals surface area contributed by atoms with E-state index in [1.807, 2.05) is 0 Å². The first kappa shape index (κ1) is 11.9. The van der Waals surface area contributed by atoms with Gasteiger partial charge in [0.1, 0.15) is 0 Å². The van der Waals surface area contributed by atoms with Gasteiger partial charge in [0.2, 0.25) is 5.91 Å². The van der Waals surface area contributed by atoms with Gasteiger partial charge in [0.15, 0.2) is 0 Å². The summed E-state index contributed by atoms with van der Waals surface area (Å²) in [5, 5.41) is 6.27. The van der Waals surface area contributed by atoms with Gasteiger partial charge in [-0.05, 0) is 36.1 Å². The van der Waals surface area contributed by atoms with Crippen LogP contribution in [0.15, 0.2) is 0 Å². The fraction of sp³-hybridized carbons (Fsp3) is 0.923. The van der Waals surface area contributed by atoms with Gasteiger partial charge in [0.25, 0.3) is 0 Å². The maximum Gasteiger partial charge on any atom is 0.234 e. The summed E-state index contributed by atoms with van der Waals surface area (Å²) in [5.74, 6) is 0.840. The quantitative estimate of drug-likeness (QED) is 0.743. The van der Waals surface area contributed by atoms with Crippen molar-refractivity contribution in [2.45, 2.75) is 46.6 Å². The van der Waals surface area contributed by atoms with Gasteiger partial charge in [-0.15, -0.1) is 0 Å². The minimum absolute atomic E-state index is 0.152. The Bertz CT molecular complexity index is 278. The van der Waals surface area contributed by atoms with Crippen LogP contribution in [0.3, 0.4) is 0 Å². The molecular formula is C13H24N2O. The fourth-order valence-corrected chi connectivity index (χ4v) is 2.68. The predicted octanol–water partition coefficient (Wildman–Crippen LogP) is 1.54. The molecule has 0 spiro atoms. The van der Waals surface area contributed by atoms with Crippen LogP contribution in [0.4, 0.5) is 0 Å². The lowest BCUT2D eigenvalue weighted by Gasteiger charge is -2.06. The van der Waals surface area contributed by atoms with Gasteiger partial charge in [-0.1, -0.05) is 27.7 Å². The van der Waals surface area contributed by atoms with Crippen molar-refractivity contribution in [1.29, 1.82) is 0 Å². The lowest BCUT2D eigenvalue weighted by molar-refractivity contribution is -0.120. The Hall–Kier alpha value is -0.570. The van der Waals surface area contributed by atoms with Crippen molar-refractivity contribution in [3.8, 4) is 0 Å². The first-order chi connectivity index (χ1) is 7.35. The standard InChI is InChI=1S/C13H24N2O/c1-12(2)10(13(12,3)4)7-14-8-11(16)15-9-5-6-9/h9-10,14H,5-8H2,1-4H3,(H,15,16). The van der Waals surface area contributed by atoms with Crippen LogP contribution in [0.5, 0.6) is 0 Å². The van der Waals surface area contributed by atoms with Crippen molar-refractivity contribution in [2.75, 3.05) is 13.1 Å². The molecule has 0 aromatic heterocycles. The molecule has 1 amide bonds. The second-order valence-corrected chi connectivity index (χ2v) is 6.47. The van der Waals surface area contributed by atoms with Gasteiger partial charge < -0.3 is 10.6 Å². The number of carbonyl (C=O) groups excluding carboxylic acids is 1. The average Bonchev–Trinajstić information content (AvgIpc) is 3.01. The molecule has 2 aliphatic carbocycles. The van der Waals surface area contributed by atoms with E-state index in [1.54, 1.807) is 0 Å². The number of carbonyl (C=O) groups is 1. The normalized spacial score (nSPS) is 26.5. The van der Waals surface area contributed by atoms with E-state index in [0.717, 1.165) is 19.4 Å². The summed E-state index contributed by atoms with van der Waals surface area (Å²) in [5.41, 5.74) is 0.819. The van der Waals surface area contributed by atoms with Gasteiger partial charge in [-0.2, -0.15) is 0 Å². The second-order valence-electron chi connectivity index (χ2n) is 6.47. The molecule has 3 heteroatoms. The molecule has 0 aromatic carbocycles. The first-order valence-electron chi connectivity index (χ1n) is 6.36. The summed E-state index contributed by atoms with van der Waals surface area (Å²) >= 11 is 0. The summed E-state index contributed by atoms with van der Waals surface area (Å²) in [6.45, 7) is 10.7. The number of rotatable bonds is 5. The van der Waals surface area contributed by atoms with E-state index in [0.29, 0.717) is 29.3 Å². The molecule has 2 N–H and O–H groups in total. The minimum Gasteiger partial charge on any atom is -0.352 e. The Morgan fingerprint density at radius 3 is 2.19 bits per heavy atom. The number of hydrogen-bond donors (Lipinski definition) is 2. The van der Waals surface area contributed by atoms with Gasteiger partial charge in [-0.25, -0.2) is 0 Å². The minimum atomic E-state index is 0.152. The molecular weight excluding hydrogens is 200 g/mol. The van der Waals surface area contributed by atoms with E-state index in [9.17, 15) is 4.79 Å². The smallest absolute Gasteiger partial charge is 0.234 e. The van der Waals surface area contributed by atoms with Crippen LogP contribution in [0.1, 0.15) is 40.5 Å². The zero-order valence-corrected chi connectivity index (χ0v) is 10.9. The molecule has 2 saturated carbocycles. The molecule has 0 aliphatic heterocycles. The highest BCUT2D eigenvalue weighted by Crippen LogP contribution is 2.67. The third-order valence-electron chi connectivity index (χ3n) is 4.90. The van der Waals surface area contributed by atoms with E-state index >= 15 is 0 Å². The number of amides is 1. The van der Waals surface area contributed by atoms with Gasteiger partial charge >= 0.3 is 0 Å². The van der Waals surface area contributed by atoms with Crippen molar-refractivity contribution < 1.29 is 4.79 Å². The molecule has 3 nitrogen and oxygen atoms in total. The van der Waals surface area contributed by atoms with Gasteiger partial charge in [0, 0.05) is 6.04 Å². The Balaban J connectivity index is 1.63. The Morgan fingerprint density at radius 1 is 1.19 bits per heavy atom. The third-order valence-corrected chi connectivity index (χ3v) is 4.90. The number of hydrogen-bond acceptors (Lipinski definition) is 2. The van der Waals surface area contributed by atoms with Crippen molar-refractivity contribution in [3.63, 3.8) is 0 Å². The molecule has 0 radical (unpaired) electrons. The van der Waals surface area contributed by atoms with E-state index in [1.165, 1.54) is 0 Å². The molecule has 0 saturated heterocycles. The highest BCUT2D eigenvalue weighted by molar-refractivity contribution is 5.78. The Morgan fingerprint density at radius 2 is 1.75 bits per heavy atom. The molecule has 0 bridgehead atoms. The third kappa shape index (κ3) is 2.10. The average molecular weight is 224 g/mol. The summed E-state index contributed by atoms with van der Waals surface area (Å²) in [4.78, 5) is 11.4. The second kappa shape index (κ2) is 3.73. The van der Waals surface area contributed by atoms with Crippen molar-refractivity contribution in [3.05, 3.63) is 0 Å². The summed E-state index contributed by atoms with van der Waals surface area (Å²) in [7, 11) is 0. The summed E-state index contributed by atoms with van der Waals surface area (Å²) in [6, 6.07) is 0.475. The van der Waals surface area contributed by atoms with Crippen LogP contribution in [0, 0.1) is 16.7 Å². The first-order valence-corrected chi connectivity index (χ1v) is 6.36. The van der Waals surface area contributed by atoms with Gasteiger partial charge in [-0.3, -0.25) is 4.79 Å². The van der Waals surface area contributed by atoms with Crippen molar-refractivity contribution in [1.82, 2.24) is 10.6 Å². The molecule has 92 valence electrons. The van der Waals surface area contributed by atoms with E-state index in [2.05, 4.69) is 38.3 Å². The van der Waals surface area contributed by atoms with Crippen LogP contribution < -0.4 is 10.6 Å². The molecule has 2 fully saturated rings. The molecule has 16 heavy (non-hydrogen) atoms.